The van der Waals surface area contributed by atoms with Crippen molar-refractivity contribution in [3.63, 3.8) is 0 Å². The van der Waals surface area contributed by atoms with Crippen molar-refractivity contribution in [3.05, 3.63) is 58.3 Å². The number of nitrogens with one attached hydrogen (secondary N) is 2. The summed E-state index contributed by atoms with van der Waals surface area (Å²) in [5, 5.41) is 8.69. The maximum atomic E-state index is 11.9. The Bertz CT molecular complexity index is 670. The Morgan fingerprint density at radius 3 is 2.62 bits per heavy atom. The van der Waals surface area contributed by atoms with Crippen LogP contribution in [0.3, 0.4) is 0 Å². The normalized spacial score (nSPS) is 20.4. The first-order chi connectivity index (χ1) is 12.6. The molecule has 1 aromatic heterocycles. The van der Waals surface area contributed by atoms with Crippen LogP contribution >= 0.6 is 11.3 Å². The number of hydrogen-bond acceptors (Lipinski definition) is 5. The molecular formula is C20H27N3O2S. The number of benzene rings is 1. The second-order valence-corrected chi connectivity index (χ2v) is 7.95. The number of nitrogens with zero attached hydrogens (tertiary/aromatic N) is 1. The predicted molar refractivity (Wildman–Crippen MR) is 105 cm³/mol. The average molecular weight is 374 g/mol. The Balaban J connectivity index is 1.33. The van der Waals surface area contributed by atoms with Crippen LogP contribution in [0.15, 0.2) is 47.8 Å². The van der Waals surface area contributed by atoms with Crippen LogP contribution < -0.4 is 10.6 Å². The van der Waals surface area contributed by atoms with Gasteiger partial charge < -0.3 is 20.3 Å². The molecule has 1 aliphatic carbocycles. The summed E-state index contributed by atoms with van der Waals surface area (Å²) >= 11 is 1.79. The minimum atomic E-state index is -0.331. The zero-order valence-electron chi connectivity index (χ0n) is 15.4. The molecule has 6 heteroatoms. The highest BCUT2D eigenvalue weighted by Crippen LogP contribution is 2.25. The molecule has 140 valence electrons. The van der Waals surface area contributed by atoms with Gasteiger partial charge in [-0.25, -0.2) is 4.79 Å². The van der Waals surface area contributed by atoms with E-state index in [2.05, 4.69) is 47.1 Å². The van der Waals surface area contributed by atoms with E-state index < -0.39 is 0 Å². The fourth-order valence-corrected chi connectivity index (χ4v) is 4.05. The first-order valence-electron chi connectivity index (χ1n) is 9.02. The molecule has 5 nitrogen and oxygen atoms in total. The first-order valence-corrected chi connectivity index (χ1v) is 9.90. The van der Waals surface area contributed by atoms with Gasteiger partial charge in [0.05, 0.1) is 6.04 Å². The van der Waals surface area contributed by atoms with Crippen molar-refractivity contribution in [1.82, 2.24) is 15.5 Å². The van der Waals surface area contributed by atoms with Crippen LogP contribution in [-0.4, -0.2) is 43.7 Å². The highest BCUT2D eigenvalue weighted by Gasteiger charge is 2.31. The number of thiophene rings is 1. The van der Waals surface area contributed by atoms with Gasteiger partial charge >= 0.3 is 6.09 Å². The van der Waals surface area contributed by atoms with Gasteiger partial charge in [-0.3, -0.25) is 0 Å². The molecular weight excluding hydrogens is 346 g/mol. The van der Waals surface area contributed by atoms with E-state index in [1.165, 1.54) is 4.88 Å². The molecule has 2 aromatic rings. The van der Waals surface area contributed by atoms with Crippen LogP contribution in [0.4, 0.5) is 4.79 Å². The van der Waals surface area contributed by atoms with E-state index in [1.807, 2.05) is 30.3 Å². The Kier molecular flexibility index (Phi) is 6.66. The standard InChI is InChI=1S/C20H27N3O2S/c1-23(2)18(19-9-6-10-26-19)13-21-16-11-17(12-16)22-20(24)25-14-15-7-4-3-5-8-15/h3-10,16-18,21H,11-14H2,1-2H3,(H,22,24). The number of rotatable bonds is 8. The van der Waals surface area contributed by atoms with Crippen LogP contribution in [0, 0.1) is 0 Å². The molecule has 0 spiro atoms. The van der Waals surface area contributed by atoms with Gasteiger partial charge in [0.1, 0.15) is 6.61 Å². The molecule has 1 heterocycles. The molecule has 0 aliphatic heterocycles. The Morgan fingerprint density at radius 1 is 1.19 bits per heavy atom. The summed E-state index contributed by atoms with van der Waals surface area (Å²) in [6.45, 7) is 1.23. The van der Waals surface area contributed by atoms with Crippen LogP contribution in [0.2, 0.25) is 0 Å². The number of hydrogen-bond donors (Lipinski definition) is 2. The number of carbonyl (C=O) groups excluding carboxylic acids is 1. The Morgan fingerprint density at radius 2 is 1.96 bits per heavy atom. The van der Waals surface area contributed by atoms with Crippen molar-refractivity contribution in [1.29, 1.82) is 0 Å². The van der Waals surface area contributed by atoms with Crippen LogP contribution in [0.1, 0.15) is 29.3 Å². The summed E-state index contributed by atoms with van der Waals surface area (Å²) < 4.78 is 5.27. The summed E-state index contributed by atoms with van der Waals surface area (Å²) in [5.74, 6) is 0. The molecule has 0 radical (unpaired) electrons. The van der Waals surface area contributed by atoms with Gasteiger partial charge in [0.25, 0.3) is 0 Å². The summed E-state index contributed by atoms with van der Waals surface area (Å²) in [6.07, 6.45) is 1.57. The van der Waals surface area contributed by atoms with Crippen LogP contribution in [0.25, 0.3) is 0 Å². The molecule has 0 saturated heterocycles. The lowest BCUT2D eigenvalue weighted by Gasteiger charge is -2.37. The molecule has 1 amide bonds. The van der Waals surface area contributed by atoms with Gasteiger partial charge in [0.2, 0.25) is 0 Å². The van der Waals surface area contributed by atoms with Gasteiger partial charge in [0.15, 0.2) is 0 Å². The zero-order valence-corrected chi connectivity index (χ0v) is 16.2. The number of likely N-dealkylation sites (N-methyl/N-ethyl adjacent to an activating group) is 1. The van der Waals surface area contributed by atoms with Crippen molar-refractivity contribution in [2.75, 3.05) is 20.6 Å². The van der Waals surface area contributed by atoms with E-state index >= 15 is 0 Å². The second kappa shape index (κ2) is 9.16. The van der Waals surface area contributed by atoms with Gasteiger partial charge in [0, 0.05) is 23.5 Å². The topological polar surface area (TPSA) is 53.6 Å². The Hall–Kier alpha value is -1.89. The van der Waals surface area contributed by atoms with E-state index in [1.54, 1.807) is 11.3 Å². The van der Waals surface area contributed by atoms with E-state index in [-0.39, 0.29) is 12.1 Å². The van der Waals surface area contributed by atoms with Gasteiger partial charge in [-0.15, -0.1) is 11.3 Å². The van der Waals surface area contributed by atoms with Crippen molar-refractivity contribution in [3.8, 4) is 0 Å². The summed E-state index contributed by atoms with van der Waals surface area (Å²) in [4.78, 5) is 15.5. The summed E-state index contributed by atoms with van der Waals surface area (Å²) in [6, 6.07) is 15.1. The summed E-state index contributed by atoms with van der Waals surface area (Å²) in [7, 11) is 4.22. The second-order valence-electron chi connectivity index (χ2n) is 6.97. The van der Waals surface area contributed by atoms with E-state index in [0.29, 0.717) is 18.7 Å². The number of ether oxygens (including phenoxy) is 1. The largest absolute Gasteiger partial charge is 0.445 e. The quantitative estimate of drug-likeness (QED) is 0.745. The van der Waals surface area contributed by atoms with Crippen LogP contribution in [-0.2, 0) is 11.3 Å². The van der Waals surface area contributed by atoms with Crippen molar-refractivity contribution >= 4 is 17.4 Å². The van der Waals surface area contributed by atoms with E-state index in [4.69, 9.17) is 4.74 Å². The fourth-order valence-electron chi connectivity index (χ4n) is 3.13. The van der Waals surface area contributed by atoms with Crippen LogP contribution in [0.5, 0.6) is 0 Å². The SMILES string of the molecule is CN(C)C(CNC1CC(NC(=O)OCc2ccccc2)C1)c1cccs1. The Labute approximate surface area is 159 Å². The molecule has 1 atom stereocenters. The first kappa shape index (κ1) is 18.9. The van der Waals surface area contributed by atoms with Gasteiger partial charge in [-0.05, 0) is 43.9 Å². The molecule has 1 saturated carbocycles. The van der Waals surface area contributed by atoms with E-state index in [9.17, 15) is 4.79 Å². The lowest BCUT2D eigenvalue weighted by Crippen LogP contribution is -2.53. The minimum absolute atomic E-state index is 0.204. The monoisotopic (exact) mass is 373 g/mol. The minimum Gasteiger partial charge on any atom is -0.445 e. The molecule has 0 bridgehead atoms. The third-order valence-electron chi connectivity index (χ3n) is 4.77. The maximum Gasteiger partial charge on any atom is 0.407 e. The molecule has 26 heavy (non-hydrogen) atoms. The third-order valence-corrected chi connectivity index (χ3v) is 5.74. The highest BCUT2D eigenvalue weighted by atomic mass is 32.1. The van der Waals surface area contributed by atoms with Gasteiger partial charge in [-0.2, -0.15) is 0 Å². The average Bonchev–Trinajstić information content (AvgIpc) is 3.12. The van der Waals surface area contributed by atoms with E-state index in [0.717, 1.165) is 24.9 Å². The fraction of sp³-hybridized carbons (Fsp3) is 0.450. The van der Waals surface area contributed by atoms with Crippen molar-refractivity contribution < 1.29 is 9.53 Å². The highest BCUT2D eigenvalue weighted by molar-refractivity contribution is 7.10. The van der Waals surface area contributed by atoms with Crippen molar-refractivity contribution in [2.24, 2.45) is 0 Å². The molecule has 1 aromatic carbocycles. The number of alkyl carbamates (subject to hydrolysis) is 1. The smallest absolute Gasteiger partial charge is 0.407 e. The molecule has 1 fully saturated rings. The predicted octanol–water partition coefficient (Wildman–Crippen LogP) is 3.40. The molecule has 2 N–H and O–H groups in total. The lowest BCUT2D eigenvalue weighted by atomic mass is 9.86. The number of amides is 1. The lowest BCUT2D eigenvalue weighted by molar-refractivity contribution is 0.124. The zero-order chi connectivity index (χ0) is 18.4. The van der Waals surface area contributed by atoms with Gasteiger partial charge in [-0.1, -0.05) is 36.4 Å². The number of carbonyl (C=O) groups is 1. The molecule has 1 aliphatic rings. The molecule has 3 rings (SSSR count). The maximum absolute atomic E-state index is 11.9. The third kappa shape index (κ3) is 5.30. The summed E-state index contributed by atoms with van der Waals surface area (Å²) in [5.41, 5.74) is 0.999. The molecule has 1 unspecified atom stereocenters. The van der Waals surface area contributed by atoms with Crippen molar-refractivity contribution in [2.45, 2.75) is 37.6 Å².